The lowest BCUT2D eigenvalue weighted by Crippen LogP contribution is -2.00. The van der Waals surface area contributed by atoms with E-state index in [2.05, 4.69) is 0 Å². The van der Waals surface area contributed by atoms with Gasteiger partial charge in [-0.15, -0.1) is 0 Å². The predicted octanol–water partition coefficient (Wildman–Crippen LogP) is 4.05. The molecule has 0 amide bonds. The van der Waals surface area contributed by atoms with Gasteiger partial charge in [0.25, 0.3) is 0 Å². The first-order valence-corrected chi connectivity index (χ1v) is 6.22. The van der Waals surface area contributed by atoms with Gasteiger partial charge in [0.1, 0.15) is 5.75 Å². The lowest BCUT2D eigenvalue weighted by Gasteiger charge is -2.09. The molecule has 7 heteroatoms. The molecule has 21 heavy (non-hydrogen) atoms. The van der Waals surface area contributed by atoms with Crippen molar-refractivity contribution in [3.8, 4) is 11.5 Å². The van der Waals surface area contributed by atoms with Crippen LogP contribution in [-0.4, -0.2) is 16.0 Å². The van der Waals surface area contributed by atoms with Gasteiger partial charge in [0.15, 0.2) is 0 Å². The third-order valence-electron chi connectivity index (χ3n) is 2.71. The molecule has 0 saturated carbocycles. The second kappa shape index (κ2) is 5.80. The first kappa shape index (κ1) is 14.8. The van der Waals surface area contributed by atoms with Crippen LogP contribution in [0.2, 0.25) is 5.02 Å². The molecule has 0 spiro atoms. The van der Waals surface area contributed by atoms with Crippen LogP contribution in [0.5, 0.6) is 11.5 Å². The lowest BCUT2D eigenvalue weighted by molar-refractivity contribution is -0.385. The zero-order chi connectivity index (χ0) is 15.6. The number of ether oxygens (including phenoxy) is 1. The monoisotopic (exact) mass is 307 g/mol. The number of halogens is 1. The van der Waals surface area contributed by atoms with E-state index in [9.17, 15) is 14.9 Å². The minimum absolute atomic E-state index is 0.0718. The number of rotatable bonds is 4. The number of nitro groups is 1. The summed E-state index contributed by atoms with van der Waals surface area (Å²) in [4.78, 5) is 21.2. The highest BCUT2D eigenvalue weighted by molar-refractivity contribution is 6.32. The Labute approximate surface area is 124 Å². The lowest BCUT2D eigenvalue weighted by atomic mass is 10.2. The van der Waals surface area contributed by atoms with E-state index in [1.54, 1.807) is 18.2 Å². The molecule has 0 aromatic heterocycles. The standard InChI is InChI=1S/C14H10ClNO5/c1-8-2-4-10(15)13(6-8)21-12-5-3-9(14(17)18)7-11(12)16(19)20/h2-7H,1H3,(H,17,18). The number of nitro benzene ring substituents is 1. The summed E-state index contributed by atoms with van der Waals surface area (Å²) in [6.45, 7) is 1.82. The van der Waals surface area contributed by atoms with E-state index in [-0.39, 0.29) is 17.1 Å². The van der Waals surface area contributed by atoms with Crippen molar-refractivity contribution in [2.45, 2.75) is 6.92 Å². The van der Waals surface area contributed by atoms with Crippen LogP contribution in [0.3, 0.4) is 0 Å². The molecule has 108 valence electrons. The molecule has 6 nitrogen and oxygen atoms in total. The maximum atomic E-state index is 11.0. The van der Waals surface area contributed by atoms with Crippen LogP contribution in [-0.2, 0) is 0 Å². The molecular formula is C14H10ClNO5. The van der Waals surface area contributed by atoms with Crippen LogP contribution in [0, 0.1) is 17.0 Å². The zero-order valence-corrected chi connectivity index (χ0v) is 11.6. The van der Waals surface area contributed by atoms with Gasteiger partial charge in [-0.1, -0.05) is 17.7 Å². The van der Waals surface area contributed by atoms with Crippen molar-refractivity contribution < 1.29 is 19.6 Å². The normalized spacial score (nSPS) is 10.2. The highest BCUT2D eigenvalue weighted by Gasteiger charge is 2.19. The molecule has 0 aliphatic heterocycles. The summed E-state index contributed by atoms with van der Waals surface area (Å²) in [5, 5.41) is 20.2. The van der Waals surface area contributed by atoms with Gasteiger partial charge in [-0.05, 0) is 36.8 Å². The van der Waals surface area contributed by atoms with Crippen molar-refractivity contribution in [2.24, 2.45) is 0 Å². The van der Waals surface area contributed by atoms with E-state index in [1.807, 2.05) is 6.92 Å². The summed E-state index contributed by atoms with van der Waals surface area (Å²) in [6, 6.07) is 8.44. The van der Waals surface area contributed by atoms with Crippen molar-refractivity contribution in [3.63, 3.8) is 0 Å². The van der Waals surface area contributed by atoms with Gasteiger partial charge < -0.3 is 9.84 Å². The summed E-state index contributed by atoms with van der Waals surface area (Å²) in [7, 11) is 0. The molecule has 0 bridgehead atoms. The van der Waals surface area contributed by atoms with Gasteiger partial charge in [-0.3, -0.25) is 10.1 Å². The fraction of sp³-hybridized carbons (Fsp3) is 0.0714. The highest BCUT2D eigenvalue weighted by atomic mass is 35.5. The number of nitrogens with zero attached hydrogens (tertiary/aromatic N) is 1. The van der Waals surface area contributed by atoms with Gasteiger partial charge in [0.2, 0.25) is 5.75 Å². The van der Waals surface area contributed by atoms with Crippen molar-refractivity contribution in [3.05, 3.63) is 62.7 Å². The number of carboxylic acids is 1. The fourth-order valence-corrected chi connectivity index (χ4v) is 1.84. The summed E-state index contributed by atoms with van der Waals surface area (Å²) in [5.41, 5.74) is 0.246. The summed E-state index contributed by atoms with van der Waals surface area (Å²) in [5.74, 6) is -1.06. The molecule has 2 rings (SSSR count). The molecular weight excluding hydrogens is 298 g/mol. The minimum atomic E-state index is -1.25. The van der Waals surface area contributed by atoms with E-state index < -0.39 is 16.6 Å². The molecule has 0 radical (unpaired) electrons. The summed E-state index contributed by atoms with van der Waals surface area (Å²) >= 11 is 5.97. The molecule has 2 aromatic carbocycles. The molecule has 0 fully saturated rings. The van der Waals surface area contributed by atoms with Crippen molar-refractivity contribution >= 4 is 23.3 Å². The Hall–Kier alpha value is -2.60. The molecule has 0 saturated heterocycles. The quantitative estimate of drug-likeness (QED) is 0.680. The van der Waals surface area contributed by atoms with E-state index >= 15 is 0 Å². The number of aryl methyl sites for hydroxylation is 1. The Morgan fingerprint density at radius 1 is 1.24 bits per heavy atom. The number of aromatic carboxylic acids is 1. The second-order valence-electron chi connectivity index (χ2n) is 4.28. The van der Waals surface area contributed by atoms with Gasteiger partial charge in [0, 0.05) is 6.07 Å². The molecule has 2 aromatic rings. The van der Waals surface area contributed by atoms with Crippen molar-refractivity contribution in [2.75, 3.05) is 0 Å². The maximum Gasteiger partial charge on any atom is 0.335 e. The Morgan fingerprint density at radius 2 is 1.95 bits per heavy atom. The number of carboxylic acid groups (broad SMARTS) is 1. The highest BCUT2D eigenvalue weighted by Crippen LogP contribution is 2.35. The Bertz CT molecular complexity index is 729. The predicted molar refractivity (Wildman–Crippen MR) is 76.3 cm³/mol. The van der Waals surface area contributed by atoms with Gasteiger partial charge >= 0.3 is 11.7 Å². The first-order chi connectivity index (χ1) is 9.88. The van der Waals surface area contributed by atoms with E-state index in [1.165, 1.54) is 12.1 Å². The Balaban J connectivity index is 2.46. The molecule has 0 heterocycles. The minimum Gasteiger partial charge on any atom is -0.478 e. The zero-order valence-electron chi connectivity index (χ0n) is 10.9. The molecule has 0 unspecified atom stereocenters. The second-order valence-corrected chi connectivity index (χ2v) is 4.69. The van der Waals surface area contributed by atoms with Crippen LogP contribution < -0.4 is 4.74 Å². The molecule has 0 aliphatic carbocycles. The third kappa shape index (κ3) is 3.29. The van der Waals surface area contributed by atoms with Crippen LogP contribution in [0.4, 0.5) is 5.69 Å². The average molecular weight is 308 g/mol. The smallest absolute Gasteiger partial charge is 0.335 e. The van der Waals surface area contributed by atoms with Crippen LogP contribution in [0.25, 0.3) is 0 Å². The number of benzene rings is 2. The van der Waals surface area contributed by atoms with Crippen LogP contribution in [0.15, 0.2) is 36.4 Å². The third-order valence-corrected chi connectivity index (χ3v) is 3.02. The fourth-order valence-electron chi connectivity index (χ4n) is 1.69. The topological polar surface area (TPSA) is 89.7 Å². The van der Waals surface area contributed by atoms with Gasteiger partial charge in [-0.25, -0.2) is 4.79 Å². The van der Waals surface area contributed by atoms with Crippen LogP contribution >= 0.6 is 11.6 Å². The average Bonchev–Trinajstić information content (AvgIpc) is 2.42. The molecule has 0 aliphatic rings. The van der Waals surface area contributed by atoms with Gasteiger partial charge in [-0.2, -0.15) is 0 Å². The number of hydrogen-bond acceptors (Lipinski definition) is 4. The number of hydrogen-bond donors (Lipinski definition) is 1. The Morgan fingerprint density at radius 3 is 2.57 bits per heavy atom. The SMILES string of the molecule is Cc1ccc(Cl)c(Oc2ccc(C(=O)O)cc2[N+](=O)[O-])c1. The summed E-state index contributed by atoms with van der Waals surface area (Å²) in [6.07, 6.45) is 0. The van der Waals surface area contributed by atoms with Crippen LogP contribution in [0.1, 0.15) is 15.9 Å². The first-order valence-electron chi connectivity index (χ1n) is 5.84. The number of carbonyl (C=O) groups is 1. The van der Waals surface area contributed by atoms with E-state index in [4.69, 9.17) is 21.4 Å². The van der Waals surface area contributed by atoms with Crippen molar-refractivity contribution in [1.29, 1.82) is 0 Å². The summed E-state index contributed by atoms with van der Waals surface area (Å²) < 4.78 is 5.45. The van der Waals surface area contributed by atoms with E-state index in [0.29, 0.717) is 5.02 Å². The largest absolute Gasteiger partial charge is 0.478 e. The van der Waals surface area contributed by atoms with Crippen molar-refractivity contribution in [1.82, 2.24) is 0 Å². The molecule has 1 N–H and O–H groups in total. The van der Waals surface area contributed by atoms with Gasteiger partial charge in [0.05, 0.1) is 15.5 Å². The molecule has 0 atom stereocenters. The Kier molecular flexibility index (Phi) is 4.09. The maximum absolute atomic E-state index is 11.0. The van der Waals surface area contributed by atoms with E-state index in [0.717, 1.165) is 11.6 Å².